The molecule has 10 rings (SSSR count). The third-order valence-corrected chi connectivity index (χ3v) is 13.8. The molecule has 1 aliphatic heterocycles. The zero-order valence-corrected chi connectivity index (χ0v) is 43.1. The van der Waals surface area contributed by atoms with Gasteiger partial charge in [-0.05, 0) is 203 Å². The monoisotopic (exact) mass is 1150 g/mol. The molecule has 71 heavy (non-hydrogen) atoms. The zero-order chi connectivity index (χ0) is 49.6. The zero-order valence-electron chi connectivity index (χ0n) is 38.3. The lowest BCUT2D eigenvalue weighted by Gasteiger charge is -2.32. The highest BCUT2D eigenvalue weighted by Gasteiger charge is 2.51. The largest absolute Gasteiger partial charge is 0.494 e. The molecule has 12 nitrogen and oxygen atoms in total. The van der Waals surface area contributed by atoms with Crippen LogP contribution in [0.5, 0.6) is 0 Å². The maximum Gasteiger partial charge on any atom is 0.494 e. The number of rotatable bonds is 4. The van der Waals surface area contributed by atoms with Crippen molar-refractivity contribution in [3.63, 3.8) is 0 Å². The Kier molecular flexibility index (Phi) is 18.6. The summed E-state index contributed by atoms with van der Waals surface area (Å²) >= 11 is 9.85. The molecule has 0 bridgehead atoms. The summed E-state index contributed by atoms with van der Waals surface area (Å²) < 4.78 is 40.6. The number of halogens is 5. The molecule has 5 aromatic heterocycles. The smallest absolute Gasteiger partial charge is 0.399 e. The van der Waals surface area contributed by atoms with Gasteiger partial charge in [0.05, 0.1) is 38.1 Å². The Morgan fingerprint density at radius 3 is 1.45 bits per heavy atom. The number of aromatic nitrogens is 7. The van der Waals surface area contributed by atoms with Gasteiger partial charge in [-0.1, -0.05) is 33.1 Å². The lowest BCUT2D eigenvalue weighted by atomic mass is 9.78. The number of nitrogens with two attached hydrogens (primary N) is 3. The third-order valence-electron chi connectivity index (χ3n) is 11.4. The Labute approximate surface area is 438 Å². The highest BCUT2D eigenvalue weighted by molar-refractivity contribution is 9.13. The molecule has 0 saturated carbocycles. The first-order valence-electron chi connectivity index (χ1n) is 21.3. The summed E-state index contributed by atoms with van der Waals surface area (Å²) in [6.45, 7) is 12.2. The summed E-state index contributed by atoms with van der Waals surface area (Å²) in [6.07, 6.45) is 3.15. The number of nitrogens with zero attached hydrogens (tertiary/aromatic N) is 7. The molecule has 0 aliphatic carbocycles. The van der Waals surface area contributed by atoms with E-state index in [-0.39, 0.29) is 44.8 Å². The van der Waals surface area contributed by atoms with Gasteiger partial charge in [0.2, 0.25) is 0 Å². The molecule has 0 atom stereocenters. The second kappa shape index (κ2) is 23.7. The van der Waals surface area contributed by atoms with Gasteiger partial charge in [-0.15, -0.1) is 0 Å². The molecule has 0 radical (unpaired) electrons. The summed E-state index contributed by atoms with van der Waals surface area (Å²) in [7, 11) is -0.344. The number of fused-ring (bicyclic) bond motifs is 2. The van der Waals surface area contributed by atoms with Gasteiger partial charge in [0.15, 0.2) is 0 Å². The van der Waals surface area contributed by atoms with E-state index in [2.05, 4.69) is 116 Å². The summed E-state index contributed by atoms with van der Waals surface area (Å²) in [5.74, 6) is 0.831. The van der Waals surface area contributed by atoms with Gasteiger partial charge in [-0.3, -0.25) is 0 Å². The second-order valence-corrected chi connectivity index (χ2v) is 19.2. The van der Waals surface area contributed by atoms with E-state index >= 15 is 0 Å². The predicted octanol–water partition coefficient (Wildman–Crippen LogP) is 13.3. The van der Waals surface area contributed by atoms with Crippen LogP contribution in [0.1, 0.15) is 53.9 Å². The summed E-state index contributed by atoms with van der Waals surface area (Å²) in [6, 6.07) is 35.2. The first kappa shape index (κ1) is 55.6. The molecule has 9 aromatic rings. The fourth-order valence-electron chi connectivity index (χ4n) is 6.92. The molecule has 4 aromatic carbocycles. The highest BCUT2D eigenvalue weighted by atomic mass is 79.9. The lowest BCUT2D eigenvalue weighted by molar-refractivity contribution is 0.00578. The van der Waals surface area contributed by atoms with Crippen LogP contribution in [0.3, 0.4) is 0 Å². The van der Waals surface area contributed by atoms with Crippen LogP contribution in [-0.2, 0) is 9.31 Å². The summed E-state index contributed by atoms with van der Waals surface area (Å²) in [5, 5.41) is 2.03. The van der Waals surface area contributed by atoms with Gasteiger partial charge in [0, 0.05) is 43.3 Å². The van der Waals surface area contributed by atoms with Crippen molar-refractivity contribution in [3.8, 4) is 33.6 Å². The van der Waals surface area contributed by atoms with E-state index in [1.54, 1.807) is 55.1 Å². The predicted molar refractivity (Wildman–Crippen MR) is 297 cm³/mol. The van der Waals surface area contributed by atoms with Crippen molar-refractivity contribution in [2.24, 2.45) is 0 Å². The molecule has 366 valence electrons. The van der Waals surface area contributed by atoms with Crippen LogP contribution in [0.15, 0.2) is 148 Å². The van der Waals surface area contributed by atoms with Crippen LogP contribution in [-0.4, -0.2) is 53.2 Å². The van der Waals surface area contributed by atoms with Gasteiger partial charge in [-0.25, -0.2) is 43.7 Å². The summed E-state index contributed by atoms with van der Waals surface area (Å²) in [5.41, 5.74) is 25.9. The molecule has 1 aliphatic rings. The van der Waals surface area contributed by atoms with Crippen LogP contribution < -0.4 is 22.7 Å². The highest BCUT2D eigenvalue weighted by Crippen LogP contribution is 2.37. The number of aryl methyl sites for hydroxylation is 2. The maximum atomic E-state index is 13.3. The Morgan fingerprint density at radius 1 is 0.493 bits per heavy atom. The molecule has 6 heterocycles. The van der Waals surface area contributed by atoms with E-state index in [0.29, 0.717) is 23.1 Å². The van der Waals surface area contributed by atoms with Crippen molar-refractivity contribution in [1.29, 1.82) is 0 Å². The van der Waals surface area contributed by atoms with Crippen LogP contribution in [0.25, 0.3) is 55.4 Å². The second-order valence-electron chi connectivity index (χ2n) is 16.7. The van der Waals surface area contributed by atoms with E-state index in [1.807, 2.05) is 62.4 Å². The van der Waals surface area contributed by atoms with E-state index in [9.17, 15) is 8.78 Å². The van der Waals surface area contributed by atoms with Gasteiger partial charge in [-0.2, -0.15) is 0 Å². The first-order chi connectivity index (χ1) is 32.8. The molecular formula is C53H54BBr3F2N10O2. The molecule has 1 saturated heterocycles. The minimum Gasteiger partial charge on any atom is -0.399 e. The number of benzene rings is 4. The fourth-order valence-corrected chi connectivity index (χ4v) is 7.92. The number of pyridine rings is 3. The minimum atomic E-state index is -0.344. The van der Waals surface area contributed by atoms with Crippen LogP contribution >= 0.6 is 47.8 Å². The molecule has 0 spiro atoms. The van der Waals surface area contributed by atoms with E-state index in [4.69, 9.17) is 26.5 Å². The van der Waals surface area contributed by atoms with Crippen molar-refractivity contribution in [2.45, 2.75) is 67.6 Å². The molecule has 6 N–H and O–H groups in total. The average Bonchev–Trinajstić information content (AvgIpc) is 3.55. The normalized spacial score (nSPS) is 13.0. The Hall–Kier alpha value is -6.31. The van der Waals surface area contributed by atoms with Crippen molar-refractivity contribution in [3.05, 3.63) is 171 Å². The van der Waals surface area contributed by atoms with Gasteiger partial charge in [0.1, 0.15) is 46.3 Å². The van der Waals surface area contributed by atoms with E-state index < -0.39 is 0 Å². The Balaban J connectivity index is 0.000000184. The summed E-state index contributed by atoms with van der Waals surface area (Å²) in [4.78, 5) is 29.6. The third kappa shape index (κ3) is 13.6. The van der Waals surface area contributed by atoms with Crippen LogP contribution in [0, 0.1) is 25.5 Å². The van der Waals surface area contributed by atoms with Gasteiger partial charge in [0.25, 0.3) is 0 Å². The van der Waals surface area contributed by atoms with Gasteiger partial charge >= 0.3 is 7.12 Å². The van der Waals surface area contributed by atoms with Crippen LogP contribution in [0.2, 0.25) is 0 Å². The fraction of sp³-hybridized carbons (Fsp3) is 0.189. The standard InChI is InChI=1S/C20H15FN4.C15H19BN2O2.C11H8BrFN2.C5H4Br2N2.2CH4/c1-12-17-10-14(4-8-18(17)24-11-23-12)16-7-9-19(22)25-20(16)13-2-5-15(21)6-3-13;1-10-12-8-11(6-7-13(12)18-9-17-10)16-19-14(2,3)15(4,5)20-16;12-9-5-6-10(14)15-11(9)7-1-3-8(13)4-2-7;6-3-1-2-4(8)9-5(3)7;;/h2-11H,1H3,(H2,22,25);6-9H,1-5H3;1-6H,(H2,14,15);1-2H,(H2,8,9);2*1H4. The molecule has 18 heteroatoms. The van der Waals surface area contributed by atoms with E-state index in [1.165, 1.54) is 24.3 Å². The molecule has 0 unspecified atom stereocenters. The molecule has 1 fully saturated rings. The van der Waals surface area contributed by atoms with Crippen molar-refractivity contribution >= 4 is 99.6 Å². The van der Waals surface area contributed by atoms with Crippen LogP contribution in [0.4, 0.5) is 26.2 Å². The number of hydrogen-bond acceptors (Lipinski definition) is 12. The lowest BCUT2D eigenvalue weighted by Crippen LogP contribution is -2.41. The van der Waals surface area contributed by atoms with Gasteiger partial charge < -0.3 is 26.5 Å². The van der Waals surface area contributed by atoms with E-state index in [0.717, 1.165) is 80.2 Å². The Morgan fingerprint density at radius 2 is 0.930 bits per heavy atom. The van der Waals surface area contributed by atoms with Crippen molar-refractivity contribution < 1.29 is 18.1 Å². The number of nitrogen functional groups attached to an aromatic ring is 3. The molecular weight excluding hydrogens is 1100 g/mol. The first-order valence-corrected chi connectivity index (χ1v) is 23.7. The average molecular weight is 1150 g/mol. The topological polar surface area (TPSA) is 187 Å². The number of hydrogen-bond donors (Lipinski definition) is 3. The van der Waals surface area contributed by atoms with Crippen molar-refractivity contribution in [1.82, 2.24) is 34.9 Å². The quantitative estimate of drug-likeness (QED) is 0.112. The van der Waals surface area contributed by atoms with Crippen molar-refractivity contribution in [2.75, 3.05) is 17.2 Å². The molecule has 0 amide bonds. The number of anilines is 3. The SMILES string of the molecule is C.C.Cc1ncnc2ccc(-c3ccc(N)nc3-c3ccc(F)cc3)cc12.Cc1ncnc2ccc(B3OC(C)(C)C(C)(C)O3)cc12.Nc1ccc(Br)c(-c2ccc(F)cc2)n1.Nc1ccc(Br)c(Br)n1. The maximum absolute atomic E-state index is 13.3. The minimum absolute atomic E-state index is 0. The Bertz CT molecular complexity index is 3260.